The first-order valence-electron chi connectivity index (χ1n) is 5.29. The van der Waals surface area contributed by atoms with Gasteiger partial charge < -0.3 is 5.11 Å². The third-order valence-electron chi connectivity index (χ3n) is 2.53. The Bertz CT molecular complexity index is 368. The van der Waals surface area contributed by atoms with E-state index in [9.17, 15) is 9.90 Å². The van der Waals surface area contributed by atoms with Gasteiger partial charge in [-0.15, -0.1) is 0 Å². The molecule has 0 radical (unpaired) electrons. The van der Waals surface area contributed by atoms with Gasteiger partial charge in [0.1, 0.15) is 6.04 Å². The number of benzene rings is 1. The average molecular weight is 286 g/mol. The van der Waals surface area contributed by atoms with Crippen molar-refractivity contribution in [2.45, 2.75) is 32.4 Å². The number of hydrogen-bond acceptors (Lipinski definition) is 2. The van der Waals surface area contributed by atoms with Crippen LogP contribution in [0.15, 0.2) is 28.7 Å². The zero-order chi connectivity index (χ0) is 12.1. The molecule has 16 heavy (non-hydrogen) atoms. The topological polar surface area (TPSA) is 49.3 Å². The maximum absolute atomic E-state index is 11.2. The van der Waals surface area contributed by atoms with E-state index in [0.29, 0.717) is 0 Å². The predicted molar refractivity (Wildman–Crippen MR) is 67.4 cm³/mol. The number of halogens is 1. The van der Waals surface area contributed by atoms with E-state index < -0.39 is 12.0 Å². The smallest absolute Gasteiger partial charge is 0.325 e. The van der Waals surface area contributed by atoms with E-state index in [-0.39, 0.29) is 6.04 Å². The molecule has 0 bridgehead atoms. The van der Waals surface area contributed by atoms with Gasteiger partial charge in [-0.3, -0.25) is 10.1 Å². The molecule has 4 heteroatoms. The second-order valence-corrected chi connectivity index (χ2v) is 4.62. The summed E-state index contributed by atoms with van der Waals surface area (Å²) in [5.74, 6) is -0.854. The summed E-state index contributed by atoms with van der Waals surface area (Å²) in [4.78, 5) is 11.2. The highest BCUT2D eigenvalue weighted by molar-refractivity contribution is 9.10. The van der Waals surface area contributed by atoms with Crippen molar-refractivity contribution in [3.05, 3.63) is 34.3 Å². The van der Waals surface area contributed by atoms with E-state index in [0.717, 1.165) is 16.5 Å². The average Bonchev–Trinajstić information content (AvgIpc) is 2.26. The van der Waals surface area contributed by atoms with Crippen LogP contribution >= 0.6 is 15.9 Å². The number of hydrogen-bond donors (Lipinski definition) is 2. The van der Waals surface area contributed by atoms with Crippen LogP contribution in [0.4, 0.5) is 0 Å². The summed E-state index contributed by atoms with van der Waals surface area (Å²) in [6, 6.07) is 6.89. The molecule has 0 amide bonds. The number of aliphatic carboxylic acids is 1. The van der Waals surface area contributed by atoms with Gasteiger partial charge in [0, 0.05) is 10.5 Å². The molecule has 0 aromatic heterocycles. The summed E-state index contributed by atoms with van der Waals surface area (Å²) in [5.41, 5.74) is 0.760. The maximum Gasteiger partial charge on any atom is 0.325 e. The van der Waals surface area contributed by atoms with E-state index in [4.69, 9.17) is 0 Å². The number of carbonyl (C=O) groups is 1. The molecule has 3 nitrogen and oxygen atoms in total. The van der Waals surface area contributed by atoms with Crippen molar-refractivity contribution in [2.75, 3.05) is 0 Å². The normalized spacial score (nSPS) is 14.4. The largest absolute Gasteiger partial charge is 0.480 e. The van der Waals surface area contributed by atoms with Gasteiger partial charge in [-0.1, -0.05) is 41.1 Å². The van der Waals surface area contributed by atoms with Crippen molar-refractivity contribution < 1.29 is 9.90 Å². The summed E-state index contributed by atoms with van der Waals surface area (Å²) >= 11 is 3.37. The minimum Gasteiger partial charge on any atom is -0.480 e. The molecule has 0 fully saturated rings. The van der Waals surface area contributed by atoms with E-state index >= 15 is 0 Å². The number of carboxylic acid groups (broad SMARTS) is 1. The molecular formula is C12H16BrNO2. The van der Waals surface area contributed by atoms with Crippen LogP contribution in [0.2, 0.25) is 0 Å². The Morgan fingerprint density at radius 2 is 2.12 bits per heavy atom. The lowest BCUT2D eigenvalue weighted by atomic mass is 10.1. The summed E-state index contributed by atoms with van der Waals surface area (Å²) < 4.78 is 0.818. The minimum atomic E-state index is -0.854. The monoisotopic (exact) mass is 285 g/mol. The Balaban J connectivity index is 2.94. The Kier molecular flexibility index (Phi) is 4.96. The van der Waals surface area contributed by atoms with Crippen molar-refractivity contribution in [2.24, 2.45) is 0 Å². The lowest BCUT2D eigenvalue weighted by Crippen LogP contribution is -2.35. The molecule has 0 aliphatic carbocycles. The molecule has 0 aliphatic heterocycles. The van der Waals surface area contributed by atoms with Crippen molar-refractivity contribution in [1.29, 1.82) is 0 Å². The second kappa shape index (κ2) is 6.01. The Morgan fingerprint density at radius 1 is 1.50 bits per heavy atom. The van der Waals surface area contributed by atoms with Gasteiger partial charge in [-0.05, 0) is 25.0 Å². The summed E-state index contributed by atoms with van der Waals surface area (Å²) in [7, 11) is 0. The Labute approximate surface area is 104 Å². The molecule has 2 N–H and O–H groups in total. The maximum atomic E-state index is 11.2. The van der Waals surface area contributed by atoms with Crippen molar-refractivity contribution >= 4 is 21.9 Å². The van der Waals surface area contributed by atoms with Crippen LogP contribution < -0.4 is 5.32 Å². The fourth-order valence-corrected chi connectivity index (χ4v) is 1.92. The molecule has 0 heterocycles. The molecule has 0 saturated heterocycles. The van der Waals surface area contributed by atoms with Crippen LogP contribution in [-0.2, 0) is 4.79 Å². The zero-order valence-electron chi connectivity index (χ0n) is 9.40. The quantitative estimate of drug-likeness (QED) is 0.875. The van der Waals surface area contributed by atoms with Crippen LogP contribution in [0, 0.1) is 0 Å². The van der Waals surface area contributed by atoms with Crippen molar-refractivity contribution in [1.82, 2.24) is 5.32 Å². The van der Waals surface area contributed by atoms with Gasteiger partial charge in [0.05, 0.1) is 0 Å². The summed E-state index contributed by atoms with van der Waals surface area (Å²) in [6.45, 7) is 4.00. The van der Waals surface area contributed by atoms with Crippen LogP contribution in [0.1, 0.15) is 31.9 Å². The van der Waals surface area contributed by atoms with Crippen LogP contribution in [0.5, 0.6) is 0 Å². The van der Waals surface area contributed by atoms with Crippen LogP contribution in [-0.4, -0.2) is 17.1 Å². The highest BCUT2D eigenvalue weighted by Crippen LogP contribution is 2.23. The van der Waals surface area contributed by atoms with Crippen LogP contribution in [0.3, 0.4) is 0 Å². The number of rotatable bonds is 5. The zero-order valence-corrected chi connectivity index (χ0v) is 11.0. The fourth-order valence-electron chi connectivity index (χ4n) is 1.41. The van der Waals surface area contributed by atoms with E-state index in [1.54, 1.807) is 0 Å². The Morgan fingerprint density at radius 3 is 2.62 bits per heavy atom. The van der Waals surface area contributed by atoms with Crippen molar-refractivity contribution in [3.63, 3.8) is 0 Å². The summed E-state index contributed by atoms with van der Waals surface area (Å²) in [5, 5.41) is 12.3. The molecule has 0 aliphatic rings. The molecule has 0 spiro atoms. The van der Waals surface area contributed by atoms with Gasteiger partial charge in [-0.2, -0.15) is 0 Å². The first-order chi connectivity index (χ1) is 7.56. The third-order valence-corrected chi connectivity index (χ3v) is 3.25. The molecule has 1 aromatic carbocycles. The van der Waals surface area contributed by atoms with Crippen LogP contribution in [0.25, 0.3) is 0 Å². The molecular weight excluding hydrogens is 270 g/mol. The van der Waals surface area contributed by atoms with Gasteiger partial charge in [0.2, 0.25) is 0 Å². The van der Waals surface area contributed by atoms with Gasteiger partial charge >= 0.3 is 5.97 Å². The second-order valence-electron chi connectivity index (χ2n) is 3.77. The fraction of sp³-hybridized carbons (Fsp3) is 0.417. The first-order valence-corrected chi connectivity index (χ1v) is 6.08. The highest BCUT2D eigenvalue weighted by atomic mass is 79.9. The standard InChI is InChI=1S/C12H16BrNO2/c1-3-8(2)14-11(12(15)16)9-6-4-5-7-10(9)13/h4-8,11,14H,3H2,1-2H3,(H,15,16). The van der Waals surface area contributed by atoms with E-state index in [1.807, 2.05) is 38.1 Å². The third kappa shape index (κ3) is 3.32. The first kappa shape index (κ1) is 13.2. The lowest BCUT2D eigenvalue weighted by molar-refractivity contribution is -0.139. The molecule has 0 saturated carbocycles. The van der Waals surface area contributed by atoms with E-state index in [1.165, 1.54) is 0 Å². The highest BCUT2D eigenvalue weighted by Gasteiger charge is 2.22. The van der Waals surface area contributed by atoms with Crippen molar-refractivity contribution in [3.8, 4) is 0 Å². The number of nitrogens with one attached hydrogen (secondary N) is 1. The molecule has 1 rings (SSSR count). The SMILES string of the molecule is CCC(C)NC(C(=O)O)c1ccccc1Br. The van der Waals surface area contributed by atoms with Gasteiger partial charge in [0.25, 0.3) is 0 Å². The van der Waals surface area contributed by atoms with Gasteiger partial charge in [-0.25, -0.2) is 0 Å². The summed E-state index contributed by atoms with van der Waals surface area (Å²) in [6.07, 6.45) is 0.897. The molecule has 2 atom stereocenters. The number of carboxylic acids is 1. The van der Waals surface area contributed by atoms with E-state index in [2.05, 4.69) is 21.2 Å². The molecule has 88 valence electrons. The molecule has 1 aromatic rings. The molecule has 2 unspecified atom stereocenters. The lowest BCUT2D eigenvalue weighted by Gasteiger charge is -2.20. The van der Waals surface area contributed by atoms with Gasteiger partial charge in [0.15, 0.2) is 0 Å². The Hall–Kier alpha value is -0.870. The minimum absolute atomic E-state index is 0.174. The predicted octanol–water partition coefficient (Wildman–Crippen LogP) is 2.96.